The molecule has 0 unspecified atom stereocenters. The highest BCUT2D eigenvalue weighted by Crippen LogP contribution is 2.37. The molecule has 0 bridgehead atoms. The third kappa shape index (κ3) is 8.83. The van der Waals surface area contributed by atoms with Gasteiger partial charge in [-0.25, -0.2) is 0 Å². The molecule has 7 nitrogen and oxygen atoms in total. The summed E-state index contributed by atoms with van der Waals surface area (Å²) in [4.78, 5) is 22.0. The molecule has 2 amide bonds. The number of nitrogens with two attached hydrogens (primary N) is 1. The summed E-state index contributed by atoms with van der Waals surface area (Å²) in [5.74, 6) is -0.0895. The fraction of sp³-hybridized carbons (Fsp3) is 0.235. The van der Waals surface area contributed by atoms with E-state index in [4.69, 9.17) is 15.0 Å². The van der Waals surface area contributed by atoms with Gasteiger partial charge in [0.2, 0.25) is 11.8 Å². The molecule has 244 valence electrons. The van der Waals surface area contributed by atoms with Crippen LogP contribution in [0.25, 0.3) is 30.3 Å². The van der Waals surface area contributed by atoms with Gasteiger partial charge in [0, 0.05) is 36.9 Å². The van der Waals surface area contributed by atoms with Crippen LogP contribution in [0.1, 0.15) is 41.5 Å². The lowest BCUT2D eigenvalue weighted by atomic mass is 9.79. The van der Waals surface area contributed by atoms with Crippen molar-refractivity contribution in [1.82, 2.24) is 0 Å². The molecule has 0 spiro atoms. The number of hydrogen-bond acceptors (Lipinski definition) is 8. The van der Waals surface area contributed by atoms with Crippen molar-refractivity contribution in [2.75, 3.05) is 16.4 Å². The van der Waals surface area contributed by atoms with Gasteiger partial charge in [0.25, 0.3) is 0 Å². The van der Waals surface area contributed by atoms with Gasteiger partial charge >= 0.3 is 7.12 Å². The monoisotopic (exact) mass is 813 g/mol. The molecule has 1 saturated heterocycles. The minimum Gasteiger partial charge on any atom is -0.399 e. The number of benzene rings is 3. The van der Waals surface area contributed by atoms with Gasteiger partial charge in [-0.2, -0.15) is 0 Å². The largest absolute Gasteiger partial charge is 0.494 e. The first-order chi connectivity index (χ1) is 22.1. The third-order valence-corrected chi connectivity index (χ3v) is 11.6. The summed E-state index contributed by atoms with van der Waals surface area (Å²) in [6.45, 7) is 11.2. The van der Waals surface area contributed by atoms with Crippen LogP contribution in [0.3, 0.4) is 0 Å². The number of amides is 2. The number of thiophene rings is 3. The molecule has 3 aromatic carbocycles. The number of nitrogen functional groups attached to an aromatic ring is 1. The summed E-state index contributed by atoms with van der Waals surface area (Å²) in [6.07, 6.45) is 0. The highest BCUT2D eigenvalue weighted by atomic mass is 79.9. The van der Waals surface area contributed by atoms with Gasteiger partial charge in [-0.1, -0.05) is 44.0 Å². The normalized spacial score (nSPS) is 14.8. The predicted molar refractivity (Wildman–Crippen MR) is 210 cm³/mol. The molecular formula is C34H34BBr2N3O4S3. The Labute approximate surface area is 303 Å². The zero-order chi connectivity index (χ0) is 34.1. The fourth-order valence-corrected chi connectivity index (χ4v) is 8.25. The molecule has 1 aliphatic heterocycles. The van der Waals surface area contributed by atoms with Crippen molar-refractivity contribution in [2.45, 2.75) is 52.7 Å². The van der Waals surface area contributed by atoms with E-state index < -0.39 is 0 Å². The predicted octanol–water partition coefficient (Wildman–Crippen LogP) is 10.0. The molecule has 13 heteroatoms. The number of carbonyl (C=O) groups is 2. The standard InChI is InChI=1S/C16H20BNO3S.C10H8BrNOS.C8H6BrNS/c1-10(19)18-14-9-11-8-12(6-7-13(11)22-14)17-20-15(2,3)16(4,5)21-17;1-6(13)12-10-5-7-4-8(11)2-3-9(7)14-10;9-6-1-2-7-5(3-6)4-8(10)11-7/h6-9H,1-5H3,(H,18,19);2-5H,1H3,(H,12,13);1-4H,10H2. The second-order valence-corrected chi connectivity index (χ2v) is 17.1. The first kappa shape index (κ1) is 35.5. The Hall–Kier alpha value is -2.78. The van der Waals surface area contributed by atoms with Crippen LogP contribution in [0.4, 0.5) is 15.0 Å². The van der Waals surface area contributed by atoms with Gasteiger partial charge in [0.15, 0.2) is 0 Å². The van der Waals surface area contributed by atoms with E-state index in [0.717, 1.165) is 44.9 Å². The van der Waals surface area contributed by atoms with Crippen molar-refractivity contribution in [2.24, 2.45) is 0 Å². The van der Waals surface area contributed by atoms with E-state index in [1.165, 1.54) is 28.6 Å². The van der Waals surface area contributed by atoms with Crippen molar-refractivity contribution < 1.29 is 18.9 Å². The Bertz CT molecular complexity index is 2070. The van der Waals surface area contributed by atoms with Gasteiger partial charge in [0.1, 0.15) is 0 Å². The van der Waals surface area contributed by atoms with Crippen molar-refractivity contribution in [3.8, 4) is 0 Å². The molecule has 3 aromatic heterocycles. The second kappa shape index (κ2) is 14.4. The zero-order valence-corrected chi connectivity index (χ0v) is 32.3. The third-order valence-electron chi connectivity index (χ3n) is 7.64. The lowest BCUT2D eigenvalue weighted by Gasteiger charge is -2.32. The maximum atomic E-state index is 11.2. The van der Waals surface area contributed by atoms with E-state index in [9.17, 15) is 9.59 Å². The van der Waals surface area contributed by atoms with Crippen LogP contribution in [0.15, 0.2) is 81.7 Å². The number of nitrogens with one attached hydrogen (secondary N) is 2. The first-order valence-corrected chi connectivity index (χ1v) is 18.7. The Kier molecular flexibility index (Phi) is 10.9. The average Bonchev–Trinajstić information content (AvgIpc) is 3.70. The number of halogens is 2. The maximum Gasteiger partial charge on any atom is 0.494 e. The molecule has 4 N–H and O–H groups in total. The minimum absolute atomic E-state index is 0.0318. The van der Waals surface area contributed by atoms with Crippen LogP contribution in [-0.4, -0.2) is 30.1 Å². The van der Waals surface area contributed by atoms with Crippen LogP contribution in [-0.2, 0) is 18.9 Å². The van der Waals surface area contributed by atoms with Gasteiger partial charge < -0.3 is 25.7 Å². The maximum absolute atomic E-state index is 11.2. The van der Waals surface area contributed by atoms with Gasteiger partial charge in [-0.05, 0) is 110 Å². The number of hydrogen-bond donors (Lipinski definition) is 3. The molecule has 0 atom stereocenters. The minimum atomic E-state index is -0.362. The van der Waals surface area contributed by atoms with Crippen molar-refractivity contribution in [3.63, 3.8) is 0 Å². The summed E-state index contributed by atoms with van der Waals surface area (Å²) in [5.41, 5.74) is 5.95. The Balaban J connectivity index is 0.000000149. The molecule has 47 heavy (non-hydrogen) atoms. The highest BCUT2D eigenvalue weighted by molar-refractivity contribution is 9.10. The quantitative estimate of drug-likeness (QED) is 0.155. The van der Waals surface area contributed by atoms with E-state index >= 15 is 0 Å². The fourth-order valence-electron chi connectivity index (χ4n) is 4.71. The number of carbonyl (C=O) groups excluding carboxylic acids is 2. The topological polar surface area (TPSA) is 103 Å². The molecule has 0 saturated carbocycles. The average molecular weight is 815 g/mol. The summed E-state index contributed by atoms with van der Waals surface area (Å²) in [7, 11) is -0.362. The van der Waals surface area contributed by atoms with E-state index in [1.54, 1.807) is 34.0 Å². The van der Waals surface area contributed by atoms with Crippen molar-refractivity contribution in [1.29, 1.82) is 0 Å². The van der Waals surface area contributed by atoms with Crippen LogP contribution in [0.5, 0.6) is 0 Å². The zero-order valence-electron chi connectivity index (χ0n) is 26.7. The molecule has 1 fully saturated rings. The Morgan fingerprint density at radius 3 is 1.57 bits per heavy atom. The van der Waals surface area contributed by atoms with Crippen molar-refractivity contribution >= 4 is 136 Å². The highest BCUT2D eigenvalue weighted by Gasteiger charge is 2.51. The molecule has 4 heterocycles. The van der Waals surface area contributed by atoms with Crippen LogP contribution >= 0.6 is 65.9 Å². The number of anilines is 3. The van der Waals surface area contributed by atoms with Crippen LogP contribution in [0, 0.1) is 0 Å². The second-order valence-electron chi connectivity index (χ2n) is 12.0. The number of fused-ring (bicyclic) bond motifs is 3. The molecule has 0 aliphatic carbocycles. The summed E-state index contributed by atoms with van der Waals surface area (Å²) >= 11 is 11.6. The van der Waals surface area contributed by atoms with Crippen molar-refractivity contribution in [3.05, 3.63) is 81.7 Å². The van der Waals surface area contributed by atoms with E-state index in [1.807, 2.05) is 82.3 Å². The SMILES string of the molecule is CC(=O)Nc1cc2cc(B3OC(C)(C)C(C)(C)O3)ccc2s1.CC(=O)Nc1cc2cc(Br)ccc2s1.Nc1cc2cc(Br)ccc2s1. The molecular weight excluding hydrogens is 781 g/mol. The molecule has 6 aromatic rings. The van der Waals surface area contributed by atoms with Gasteiger partial charge in [-0.3, -0.25) is 9.59 Å². The van der Waals surface area contributed by atoms with E-state index in [-0.39, 0.29) is 30.1 Å². The van der Waals surface area contributed by atoms with Crippen LogP contribution < -0.4 is 21.8 Å². The molecule has 7 rings (SSSR count). The van der Waals surface area contributed by atoms with E-state index in [2.05, 4.69) is 60.7 Å². The first-order valence-electron chi connectivity index (χ1n) is 14.7. The summed E-state index contributed by atoms with van der Waals surface area (Å²) < 4.78 is 17.9. The number of rotatable bonds is 3. The summed E-state index contributed by atoms with van der Waals surface area (Å²) in [6, 6.07) is 24.3. The smallest absolute Gasteiger partial charge is 0.399 e. The molecule has 1 aliphatic rings. The molecule has 0 radical (unpaired) electrons. The Morgan fingerprint density at radius 1 is 0.660 bits per heavy atom. The summed E-state index contributed by atoms with van der Waals surface area (Å²) in [5, 5.41) is 11.7. The Morgan fingerprint density at radius 2 is 1.09 bits per heavy atom. The van der Waals surface area contributed by atoms with Gasteiger partial charge in [0.05, 0.1) is 26.2 Å². The van der Waals surface area contributed by atoms with Crippen LogP contribution in [0.2, 0.25) is 0 Å². The lowest BCUT2D eigenvalue weighted by Crippen LogP contribution is -2.41. The van der Waals surface area contributed by atoms with Gasteiger partial charge in [-0.15, -0.1) is 34.0 Å². The van der Waals surface area contributed by atoms with E-state index in [0.29, 0.717) is 0 Å². The lowest BCUT2D eigenvalue weighted by molar-refractivity contribution is -0.115.